The first-order chi connectivity index (χ1) is 6.81. The van der Waals surface area contributed by atoms with Crippen molar-refractivity contribution in [3.63, 3.8) is 0 Å². The number of hydrogen-bond donors (Lipinski definition) is 1. The summed E-state index contributed by atoms with van der Waals surface area (Å²) in [5.41, 5.74) is 3.81. The van der Waals surface area contributed by atoms with Gasteiger partial charge < -0.3 is 5.11 Å². The Labute approximate surface area is 89.5 Å². The van der Waals surface area contributed by atoms with E-state index in [0.29, 0.717) is 0 Å². The molecule has 0 amide bonds. The van der Waals surface area contributed by atoms with Gasteiger partial charge in [0.25, 0.3) is 0 Å². The highest BCUT2D eigenvalue weighted by atomic mass is 32.2. The first-order valence-electron chi connectivity index (χ1n) is 5.18. The van der Waals surface area contributed by atoms with E-state index in [1.54, 1.807) is 0 Å². The number of hydrogen-bond acceptors (Lipinski definition) is 2. The van der Waals surface area contributed by atoms with E-state index in [9.17, 15) is 5.11 Å². The van der Waals surface area contributed by atoms with Crippen LogP contribution in [-0.2, 0) is 12.2 Å². The van der Waals surface area contributed by atoms with E-state index in [2.05, 4.69) is 25.1 Å². The van der Waals surface area contributed by atoms with Crippen LogP contribution in [-0.4, -0.2) is 10.9 Å². The van der Waals surface area contributed by atoms with Crippen molar-refractivity contribution in [3.8, 4) is 0 Å². The lowest BCUT2D eigenvalue weighted by atomic mass is 9.98. The standard InChI is InChI=1S/C12H16OS/c1-2-9-3-4-10-8-14-6-5-12(13)11(10)7-9/h3-4,7,12-13H,2,5-6,8H2,1H3/t12-/m0/s1. The molecule has 0 saturated heterocycles. The fourth-order valence-corrected chi connectivity index (χ4v) is 2.86. The molecule has 2 heteroatoms. The zero-order valence-electron chi connectivity index (χ0n) is 8.49. The number of fused-ring (bicyclic) bond motifs is 1. The molecule has 0 radical (unpaired) electrons. The second-order valence-electron chi connectivity index (χ2n) is 3.74. The predicted molar refractivity (Wildman–Crippen MR) is 61.6 cm³/mol. The minimum Gasteiger partial charge on any atom is -0.388 e. The molecule has 0 bridgehead atoms. The van der Waals surface area contributed by atoms with Crippen molar-refractivity contribution in [2.75, 3.05) is 5.75 Å². The Morgan fingerprint density at radius 1 is 1.50 bits per heavy atom. The molecular formula is C12H16OS. The lowest BCUT2D eigenvalue weighted by Gasteiger charge is -2.12. The Balaban J connectivity index is 2.39. The number of benzene rings is 1. The fourth-order valence-electron chi connectivity index (χ4n) is 1.84. The molecule has 76 valence electrons. The summed E-state index contributed by atoms with van der Waals surface area (Å²) >= 11 is 1.92. The summed E-state index contributed by atoms with van der Waals surface area (Å²) < 4.78 is 0. The summed E-state index contributed by atoms with van der Waals surface area (Å²) in [6.07, 6.45) is 1.70. The molecule has 1 N–H and O–H groups in total. The molecular weight excluding hydrogens is 192 g/mol. The topological polar surface area (TPSA) is 20.2 Å². The molecule has 0 fully saturated rings. The molecule has 0 unspecified atom stereocenters. The number of thioether (sulfide) groups is 1. The Hall–Kier alpha value is -0.470. The van der Waals surface area contributed by atoms with Crippen LogP contribution in [0.15, 0.2) is 18.2 Å². The van der Waals surface area contributed by atoms with Crippen LogP contribution in [0.1, 0.15) is 36.1 Å². The number of rotatable bonds is 1. The molecule has 1 aromatic carbocycles. The molecule has 0 spiro atoms. The van der Waals surface area contributed by atoms with E-state index in [0.717, 1.165) is 29.9 Å². The van der Waals surface area contributed by atoms with Crippen molar-refractivity contribution in [2.24, 2.45) is 0 Å². The molecule has 1 aliphatic heterocycles. The number of aryl methyl sites for hydroxylation is 1. The van der Waals surface area contributed by atoms with Crippen LogP contribution >= 0.6 is 11.8 Å². The maximum Gasteiger partial charge on any atom is 0.0801 e. The van der Waals surface area contributed by atoms with Crippen molar-refractivity contribution in [1.82, 2.24) is 0 Å². The van der Waals surface area contributed by atoms with Crippen molar-refractivity contribution in [1.29, 1.82) is 0 Å². The first kappa shape index (κ1) is 10.1. The van der Waals surface area contributed by atoms with E-state index >= 15 is 0 Å². The van der Waals surface area contributed by atoms with Crippen LogP contribution < -0.4 is 0 Å². The highest BCUT2D eigenvalue weighted by Gasteiger charge is 2.16. The molecule has 1 aliphatic rings. The third kappa shape index (κ3) is 1.96. The average Bonchev–Trinajstić information content (AvgIpc) is 2.40. The van der Waals surface area contributed by atoms with Crippen molar-refractivity contribution >= 4 is 11.8 Å². The molecule has 2 rings (SSSR count). The van der Waals surface area contributed by atoms with Gasteiger partial charge in [0.15, 0.2) is 0 Å². The van der Waals surface area contributed by atoms with Crippen LogP contribution in [0.4, 0.5) is 0 Å². The van der Waals surface area contributed by atoms with Gasteiger partial charge in [0.2, 0.25) is 0 Å². The molecule has 1 atom stereocenters. The normalized spacial score (nSPS) is 21.4. The van der Waals surface area contributed by atoms with Gasteiger partial charge in [0, 0.05) is 5.75 Å². The smallest absolute Gasteiger partial charge is 0.0801 e. The Morgan fingerprint density at radius 2 is 2.36 bits per heavy atom. The third-order valence-corrected chi connectivity index (χ3v) is 3.81. The molecule has 0 aromatic heterocycles. The maximum absolute atomic E-state index is 9.95. The largest absolute Gasteiger partial charge is 0.388 e. The monoisotopic (exact) mass is 208 g/mol. The maximum atomic E-state index is 9.95. The zero-order valence-corrected chi connectivity index (χ0v) is 9.31. The molecule has 0 aliphatic carbocycles. The highest BCUT2D eigenvalue weighted by Crippen LogP contribution is 2.31. The average molecular weight is 208 g/mol. The summed E-state index contributed by atoms with van der Waals surface area (Å²) in [6.45, 7) is 2.15. The zero-order chi connectivity index (χ0) is 9.97. The fraction of sp³-hybridized carbons (Fsp3) is 0.500. The highest BCUT2D eigenvalue weighted by molar-refractivity contribution is 7.98. The third-order valence-electron chi connectivity index (χ3n) is 2.77. The van der Waals surface area contributed by atoms with E-state index in [-0.39, 0.29) is 6.10 Å². The second kappa shape index (κ2) is 4.37. The molecule has 1 aromatic rings. The molecule has 14 heavy (non-hydrogen) atoms. The Morgan fingerprint density at radius 3 is 3.14 bits per heavy atom. The molecule has 0 saturated carbocycles. The molecule has 1 heterocycles. The van der Waals surface area contributed by atoms with Crippen LogP contribution in [0.5, 0.6) is 0 Å². The van der Waals surface area contributed by atoms with Gasteiger partial charge in [-0.1, -0.05) is 25.1 Å². The Bertz CT molecular complexity index is 322. The van der Waals surface area contributed by atoms with E-state index < -0.39 is 0 Å². The van der Waals surface area contributed by atoms with Crippen LogP contribution in [0.2, 0.25) is 0 Å². The van der Waals surface area contributed by atoms with Gasteiger partial charge in [0.1, 0.15) is 0 Å². The summed E-state index contributed by atoms with van der Waals surface area (Å²) in [5.74, 6) is 2.12. The second-order valence-corrected chi connectivity index (χ2v) is 4.85. The van der Waals surface area contributed by atoms with Gasteiger partial charge in [-0.25, -0.2) is 0 Å². The quantitative estimate of drug-likeness (QED) is 0.765. The van der Waals surface area contributed by atoms with Gasteiger partial charge in [-0.2, -0.15) is 11.8 Å². The summed E-state index contributed by atoms with van der Waals surface area (Å²) in [5, 5.41) is 9.95. The lowest BCUT2D eigenvalue weighted by molar-refractivity contribution is 0.175. The van der Waals surface area contributed by atoms with E-state index in [1.807, 2.05) is 11.8 Å². The van der Waals surface area contributed by atoms with E-state index in [4.69, 9.17) is 0 Å². The minimum absolute atomic E-state index is 0.244. The van der Waals surface area contributed by atoms with Gasteiger partial charge in [-0.3, -0.25) is 0 Å². The van der Waals surface area contributed by atoms with Gasteiger partial charge >= 0.3 is 0 Å². The Kier molecular flexibility index (Phi) is 3.14. The predicted octanol–water partition coefficient (Wildman–Crippen LogP) is 2.92. The van der Waals surface area contributed by atoms with Crippen LogP contribution in [0, 0.1) is 0 Å². The van der Waals surface area contributed by atoms with Crippen LogP contribution in [0.3, 0.4) is 0 Å². The summed E-state index contributed by atoms with van der Waals surface area (Å²) in [4.78, 5) is 0. The van der Waals surface area contributed by atoms with Gasteiger partial charge in [0.05, 0.1) is 6.10 Å². The number of aliphatic hydroxyl groups excluding tert-OH is 1. The van der Waals surface area contributed by atoms with Gasteiger partial charge in [-0.05, 0) is 35.3 Å². The number of aliphatic hydroxyl groups is 1. The van der Waals surface area contributed by atoms with Gasteiger partial charge in [-0.15, -0.1) is 0 Å². The van der Waals surface area contributed by atoms with Crippen molar-refractivity contribution in [3.05, 3.63) is 34.9 Å². The minimum atomic E-state index is -0.244. The van der Waals surface area contributed by atoms with E-state index in [1.165, 1.54) is 11.1 Å². The first-order valence-corrected chi connectivity index (χ1v) is 6.34. The van der Waals surface area contributed by atoms with Crippen molar-refractivity contribution < 1.29 is 5.11 Å². The summed E-state index contributed by atoms with van der Waals surface area (Å²) in [7, 11) is 0. The lowest BCUT2D eigenvalue weighted by Crippen LogP contribution is -2.00. The SMILES string of the molecule is CCc1ccc2c(c1)[C@@H](O)CCSC2. The van der Waals surface area contributed by atoms with Crippen molar-refractivity contribution in [2.45, 2.75) is 31.6 Å². The summed E-state index contributed by atoms with van der Waals surface area (Å²) in [6, 6.07) is 6.53. The molecule has 1 nitrogen and oxygen atoms in total. The van der Waals surface area contributed by atoms with Crippen LogP contribution in [0.25, 0.3) is 0 Å².